The number of benzene rings is 1. The molecule has 0 aromatic heterocycles. The number of ether oxygens (including phenoxy) is 3. The van der Waals surface area contributed by atoms with Crippen LogP contribution >= 0.6 is 0 Å². The molecule has 22 heavy (non-hydrogen) atoms. The molecule has 1 aromatic rings. The van der Waals surface area contributed by atoms with Crippen LogP contribution in [0, 0.1) is 0 Å². The van der Waals surface area contributed by atoms with Crippen LogP contribution in [0.15, 0.2) is 12.1 Å². The quantitative estimate of drug-likeness (QED) is 0.776. The van der Waals surface area contributed by atoms with Gasteiger partial charge in [-0.25, -0.2) is 0 Å². The van der Waals surface area contributed by atoms with E-state index in [1.165, 1.54) is 21.3 Å². The van der Waals surface area contributed by atoms with Gasteiger partial charge in [0.1, 0.15) is 0 Å². The standard InChI is InChI=1S/C15H21F2NO4/c1-6-18(7-2)14(19)15(16,17)10-8-11(20-3)13(22-5)12(9-10)21-4/h8-9H,6-7H2,1-5H3. The summed E-state index contributed by atoms with van der Waals surface area (Å²) < 4.78 is 44.2. The van der Waals surface area contributed by atoms with Crippen molar-refractivity contribution in [3.05, 3.63) is 17.7 Å². The van der Waals surface area contributed by atoms with E-state index in [1.807, 2.05) is 0 Å². The molecule has 0 atom stereocenters. The van der Waals surface area contributed by atoms with Gasteiger partial charge in [0.2, 0.25) is 5.75 Å². The van der Waals surface area contributed by atoms with Crippen LogP contribution in [0.1, 0.15) is 19.4 Å². The molecule has 0 aliphatic rings. The van der Waals surface area contributed by atoms with E-state index in [1.54, 1.807) is 13.8 Å². The van der Waals surface area contributed by atoms with Crippen LogP contribution in [0.25, 0.3) is 0 Å². The number of nitrogens with zero attached hydrogens (tertiary/aromatic N) is 1. The van der Waals surface area contributed by atoms with Crippen LogP contribution in [-0.4, -0.2) is 45.2 Å². The monoisotopic (exact) mass is 317 g/mol. The van der Waals surface area contributed by atoms with E-state index in [0.29, 0.717) is 0 Å². The van der Waals surface area contributed by atoms with Crippen molar-refractivity contribution in [2.24, 2.45) is 0 Å². The van der Waals surface area contributed by atoms with Gasteiger partial charge in [0, 0.05) is 18.7 Å². The number of methoxy groups -OCH3 is 3. The summed E-state index contributed by atoms with van der Waals surface area (Å²) in [5.74, 6) is -4.60. The third kappa shape index (κ3) is 3.23. The third-order valence-electron chi connectivity index (χ3n) is 3.35. The molecule has 124 valence electrons. The Morgan fingerprint density at radius 3 is 1.82 bits per heavy atom. The molecule has 1 rings (SSSR count). The van der Waals surface area contributed by atoms with Gasteiger partial charge in [-0.05, 0) is 26.0 Å². The largest absolute Gasteiger partial charge is 0.493 e. The van der Waals surface area contributed by atoms with Gasteiger partial charge >= 0.3 is 5.92 Å². The second-order valence-corrected chi connectivity index (χ2v) is 4.47. The number of hydrogen-bond donors (Lipinski definition) is 0. The van der Waals surface area contributed by atoms with Crippen LogP contribution in [0.5, 0.6) is 17.2 Å². The van der Waals surface area contributed by atoms with Crippen molar-refractivity contribution in [3.8, 4) is 17.2 Å². The van der Waals surface area contributed by atoms with Gasteiger partial charge in [0.15, 0.2) is 11.5 Å². The fourth-order valence-corrected chi connectivity index (χ4v) is 2.10. The number of halogens is 2. The van der Waals surface area contributed by atoms with Gasteiger partial charge in [-0.2, -0.15) is 8.78 Å². The maximum atomic E-state index is 14.5. The molecule has 0 N–H and O–H groups in total. The number of rotatable bonds is 7. The number of alkyl halides is 2. The zero-order valence-corrected chi connectivity index (χ0v) is 13.4. The lowest BCUT2D eigenvalue weighted by molar-refractivity contribution is -0.158. The van der Waals surface area contributed by atoms with Gasteiger partial charge in [0.25, 0.3) is 5.91 Å². The van der Waals surface area contributed by atoms with Crippen LogP contribution in [0.4, 0.5) is 8.78 Å². The lowest BCUT2D eigenvalue weighted by Gasteiger charge is -2.25. The van der Waals surface area contributed by atoms with Crippen molar-refractivity contribution in [3.63, 3.8) is 0 Å². The molecule has 7 heteroatoms. The van der Waals surface area contributed by atoms with E-state index in [4.69, 9.17) is 14.2 Å². The van der Waals surface area contributed by atoms with Crippen molar-refractivity contribution in [1.82, 2.24) is 4.90 Å². The SMILES string of the molecule is CCN(CC)C(=O)C(F)(F)c1cc(OC)c(OC)c(OC)c1. The highest BCUT2D eigenvalue weighted by molar-refractivity contribution is 5.85. The van der Waals surface area contributed by atoms with Gasteiger partial charge < -0.3 is 19.1 Å². The summed E-state index contributed by atoms with van der Waals surface area (Å²) in [6, 6.07) is 2.17. The second-order valence-electron chi connectivity index (χ2n) is 4.47. The zero-order chi connectivity index (χ0) is 16.9. The molecule has 0 heterocycles. The number of carbonyl (C=O) groups is 1. The Morgan fingerprint density at radius 1 is 1.05 bits per heavy atom. The van der Waals surface area contributed by atoms with Crippen molar-refractivity contribution in [2.45, 2.75) is 19.8 Å². The summed E-state index contributed by atoms with van der Waals surface area (Å²) >= 11 is 0. The Kier molecular flexibility index (Phi) is 5.96. The number of hydrogen-bond acceptors (Lipinski definition) is 4. The van der Waals surface area contributed by atoms with E-state index >= 15 is 0 Å². The van der Waals surface area contributed by atoms with Gasteiger partial charge in [-0.3, -0.25) is 4.79 Å². The maximum absolute atomic E-state index is 14.5. The minimum Gasteiger partial charge on any atom is -0.493 e. The molecule has 0 spiro atoms. The fourth-order valence-electron chi connectivity index (χ4n) is 2.10. The number of carbonyl (C=O) groups excluding carboxylic acids is 1. The van der Waals surface area contributed by atoms with Crippen LogP contribution < -0.4 is 14.2 Å². The molecule has 1 aromatic carbocycles. The first kappa shape index (κ1) is 18.0. The average Bonchev–Trinajstić information content (AvgIpc) is 2.54. The van der Waals surface area contributed by atoms with E-state index in [-0.39, 0.29) is 30.3 Å². The summed E-state index contributed by atoms with van der Waals surface area (Å²) in [6.07, 6.45) is 0. The van der Waals surface area contributed by atoms with Crippen LogP contribution in [0.2, 0.25) is 0 Å². The molecule has 0 radical (unpaired) electrons. The third-order valence-corrected chi connectivity index (χ3v) is 3.35. The summed E-state index contributed by atoms with van der Waals surface area (Å²) in [7, 11) is 4.02. The highest BCUT2D eigenvalue weighted by Gasteiger charge is 2.44. The summed E-state index contributed by atoms with van der Waals surface area (Å²) in [5, 5.41) is 0. The zero-order valence-electron chi connectivity index (χ0n) is 13.4. The molecule has 0 fully saturated rings. The smallest absolute Gasteiger partial charge is 0.350 e. The molecule has 0 saturated heterocycles. The highest BCUT2D eigenvalue weighted by Crippen LogP contribution is 2.43. The Balaban J connectivity index is 3.38. The van der Waals surface area contributed by atoms with Crippen LogP contribution in [0.3, 0.4) is 0 Å². The molecule has 0 bridgehead atoms. The van der Waals surface area contributed by atoms with E-state index in [2.05, 4.69) is 0 Å². The van der Waals surface area contributed by atoms with E-state index in [9.17, 15) is 13.6 Å². The topological polar surface area (TPSA) is 48.0 Å². The van der Waals surface area contributed by atoms with Crippen molar-refractivity contribution in [1.29, 1.82) is 0 Å². The van der Waals surface area contributed by atoms with Gasteiger partial charge in [0.05, 0.1) is 21.3 Å². The maximum Gasteiger partial charge on any atom is 0.350 e. The first-order valence-electron chi connectivity index (χ1n) is 6.84. The fraction of sp³-hybridized carbons (Fsp3) is 0.533. The highest BCUT2D eigenvalue weighted by atomic mass is 19.3. The molecule has 1 amide bonds. The normalized spacial score (nSPS) is 11.0. The van der Waals surface area contributed by atoms with Crippen molar-refractivity contribution in [2.75, 3.05) is 34.4 Å². The van der Waals surface area contributed by atoms with Crippen LogP contribution in [-0.2, 0) is 10.7 Å². The molecular weight excluding hydrogens is 296 g/mol. The minimum absolute atomic E-state index is 0.0730. The molecule has 0 aliphatic carbocycles. The molecule has 0 aliphatic heterocycles. The lowest BCUT2D eigenvalue weighted by atomic mass is 10.1. The number of likely N-dealkylation sites (N-methyl/N-ethyl adjacent to an activating group) is 1. The minimum atomic E-state index is -3.68. The summed E-state index contributed by atoms with van der Waals surface area (Å²) in [4.78, 5) is 13.1. The molecular formula is C15H21F2NO4. The number of amides is 1. The molecule has 5 nitrogen and oxygen atoms in total. The van der Waals surface area contributed by atoms with E-state index < -0.39 is 17.4 Å². The average molecular weight is 317 g/mol. The Morgan fingerprint density at radius 2 is 1.50 bits per heavy atom. The summed E-state index contributed by atoms with van der Waals surface area (Å²) in [6.45, 7) is 3.70. The van der Waals surface area contributed by atoms with E-state index in [0.717, 1.165) is 17.0 Å². The second kappa shape index (κ2) is 7.29. The Hall–Kier alpha value is -2.05. The van der Waals surface area contributed by atoms with Crippen molar-refractivity contribution < 1.29 is 27.8 Å². The first-order valence-corrected chi connectivity index (χ1v) is 6.84. The predicted octanol–water partition coefficient (Wildman–Crippen LogP) is 2.67. The lowest BCUT2D eigenvalue weighted by Crippen LogP contribution is -2.41. The first-order chi connectivity index (χ1) is 10.4. The Labute approximate surface area is 128 Å². The van der Waals surface area contributed by atoms with Crippen molar-refractivity contribution >= 4 is 5.91 Å². The summed E-state index contributed by atoms with van der Waals surface area (Å²) in [5.41, 5.74) is -0.501. The van der Waals surface area contributed by atoms with Gasteiger partial charge in [-0.15, -0.1) is 0 Å². The Bertz CT molecular complexity index is 505. The van der Waals surface area contributed by atoms with Gasteiger partial charge in [-0.1, -0.05) is 0 Å². The predicted molar refractivity (Wildman–Crippen MR) is 77.9 cm³/mol. The molecule has 0 unspecified atom stereocenters. The molecule has 0 saturated carbocycles.